The lowest BCUT2D eigenvalue weighted by atomic mass is 10.3. The summed E-state index contributed by atoms with van der Waals surface area (Å²) >= 11 is 0. The van der Waals surface area contributed by atoms with Crippen molar-refractivity contribution in [3.63, 3.8) is 0 Å². The summed E-state index contributed by atoms with van der Waals surface area (Å²) in [5, 5.41) is 8.26. The van der Waals surface area contributed by atoms with Crippen LogP contribution in [0.15, 0.2) is 11.6 Å². The summed E-state index contributed by atoms with van der Waals surface area (Å²) in [5.74, 6) is -0.384. The van der Waals surface area contributed by atoms with Gasteiger partial charge in [0, 0.05) is 11.6 Å². The first-order chi connectivity index (χ1) is 3.83. The van der Waals surface area contributed by atoms with Gasteiger partial charge in [0.15, 0.2) is 0 Å². The van der Waals surface area contributed by atoms with E-state index in [-0.39, 0.29) is 12.6 Å². The highest BCUT2D eigenvalue weighted by atomic mass is 16.5. The zero-order valence-electron chi connectivity index (χ0n) is 4.13. The first kappa shape index (κ1) is 5.03. The van der Waals surface area contributed by atoms with E-state index in [1.807, 2.05) is 0 Å². The van der Waals surface area contributed by atoms with Crippen molar-refractivity contribution in [1.29, 1.82) is 0 Å². The van der Waals surface area contributed by atoms with Crippen LogP contribution in [0.25, 0.3) is 0 Å². The first-order valence-electron chi connectivity index (χ1n) is 2.17. The third-order valence-electron chi connectivity index (χ3n) is 0.850. The van der Waals surface area contributed by atoms with Crippen molar-refractivity contribution < 1.29 is 9.53 Å². The Kier molecular flexibility index (Phi) is 1.12. The molecule has 0 spiro atoms. The minimum Gasteiger partial charge on any atom is -0.458 e. The number of carbonyl (C=O) groups is 1. The maximum atomic E-state index is 10.2. The average Bonchev–Trinajstić information content (AvgIpc) is 2.14. The molecule has 0 aliphatic carbocycles. The van der Waals surface area contributed by atoms with Crippen LogP contribution in [0, 0.1) is 0 Å². The first-order valence-corrected chi connectivity index (χ1v) is 2.17. The highest BCUT2D eigenvalue weighted by Crippen LogP contribution is 2.00. The lowest BCUT2D eigenvalue weighted by Crippen LogP contribution is -1.91. The summed E-state index contributed by atoms with van der Waals surface area (Å²) in [6.45, 7) is 0.204. The molecule has 0 fully saturated rings. The van der Waals surface area contributed by atoms with Gasteiger partial charge in [-0.25, -0.2) is 4.79 Å². The van der Waals surface area contributed by atoms with Gasteiger partial charge in [-0.1, -0.05) is 0 Å². The molecule has 0 atom stereocenters. The minimum absolute atomic E-state index is 0.204. The number of cyclic esters (lactones) is 1. The van der Waals surface area contributed by atoms with Gasteiger partial charge >= 0.3 is 5.97 Å². The van der Waals surface area contributed by atoms with E-state index in [1.54, 1.807) is 0 Å². The van der Waals surface area contributed by atoms with Crippen LogP contribution in [-0.2, 0) is 9.53 Å². The number of ether oxygens (including phenoxy) is 1. The summed E-state index contributed by atoms with van der Waals surface area (Å²) in [6.07, 6.45) is 2.12. The molecule has 0 aromatic heterocycles. The second-order valence-corrected chi connectivity index (χ2v) is 1.46. The van der Waals surface area contributed by atoms with Crippen molar-refractivity contribution in [2.45, 2.75) is 0 Å². The third-order valence-corrected chi connectivity index (χ3v) is 0.850. The standard InChI is InChI=1S/C5H4NO2/c6-2-4-1-5(7)8-3-4/h1-2H,3H2. The van der Waals surface area contributed by atoms with Gasteiger partial charge in [0.25, 0.3) is 0 Å². The summed E-state index contributed by atoms with van der Waals surface area (Å²) in [4.78, 5) is 10.2. The van der Waals surface area contributed by atoms with Gasteiger partial charge in [-0.15, -0.1) is 0 Å². The van der Waals surface area contributed by atoms with E-state index in [9.17, 15) is 4.79 Å². The predicted octanol–water partition coefficient (Wildman–Crippen LogP) is -0.659. The molecule has 0 unspecified atom stereocenters. The number of esters is 1. The Labute approximate surface area is 46.5 Å². The molecule has 41 valence electrons. The van der Waals surface area contributed by atoms with Crippen molar-refractivity contribution in [2.75, 3.05) is 6.61 Å². The molecule has 0 bridgehead atoms. The van der Waals surface area contributed by atoms with Crippen molar-refractivity contribution in [3.8, 4) is 0 Å². The van der Waals surface area contributed by atoms with Crippen LogP contribution >= 0.6 is 0 Å². The van der Waals surface area contributed by atoms with Crippen molar-refractivity contribution in [1.82, 2.24) is 5.41 Å². The van der Waals surface area contributed by atoms with Crippen LogP contribution in [0.4, 0.5) is 0 Å². The van der Waals surface area contributed by atoms with Gasteiger partial charge in [0.05, 0.1) is 6.21 Å². The molecule has 1 radical (unpaired) electrons. The smallest absolute Gasteiger partial charge is 0.331 e. The van der Waals surface area contributed by atoms with Crippen LogP contribution in [0.2, 0.25) is 0 Å². The Morgan fingerprint density at radius 1 is 1.88 bits per heavy atom. The number of hydrogen-bond donors (Lipinski definition) is 0. The normalized spacial score (nSPS) is 17.5. The van der Waals surface area contributed by atoms with Crippen LogP contribution in [-0.4, -0.2) is 18.8 Å². The molecule has 0 aromatic rings. The molecule has 1 aliphatic rings. The molecule has 0 saturated carbocycles. The molecule has 0 aromatic carbocycles. The van der Waals surface area contributed by atoms with Crippen molar-refractivity contribution in [3.05, 3.63) is 11.6 Å². The monoisotopic (exact) mass is 110 g/mol. The number of rotatable bonds is 1. The second-order valence-electron chi connectivity index (χ2n) is 1.46. The quantitative estimate of drug-likeness (QED) is 0.332. The number of nitrogens with zero attached hydrogens (tertiary/aromatic N) is 1. The highest BCUT2D eigenvalue weighted by Gasteiger charge is 2.09. The lowest BCUT2D eigenvalue weighted by molar-refractivity contribution is -0.134. The van der Waals surface area contributed by atoms with E-state index < -0.39 is 0 Å². The van der Waals surface area contributed by atoms with Crippen molar-refractivity contribution in [2.24, 2.45) is 0 Å². The Balaban J connectivity index is 2.70. The van der Waals surface area contributed by atoms with E-state index in [2.05, 4.69) is 4.74 Å². The molecule has 0 N–H and O–H groups in total. The fraction of sp³-hybridized carbons (Fsp3) is 0.200. The Bertz CT molecular complexity index is 160. The Morgan fingerprint density at radius 3 is 2.88 bits per heavy atom. The topological polar surface area (TPSA) is 48.6 Å². The predicted molar refractivity (Wildman–Crippen MR) is 27.2 cm³/mol. The highest BCUT2D eigenvalue weighted by molar-refractivity contribution is 5.94. The minimum atomic E-state index is -0.384. The van der Waals surface area contributed by atoms with Crippen LogP contribution in [0.5, 0.6) is 0 Å². The third kappa shape index (κ3) is 0.753. The van der Waals surface area contributed by atoms with Gasteiger partial charge < -0.3 is 4.74 Å². The molecule has 0 saturated heterocycles. The van der Waals surface area contributed by atoms with Crippen LogP contribution in [0.1, 0.15) is 0 Å². The van der Waals surface area contributed by atoms with E-state index in [1.165, 1.54) is 6.08 Å². The number of hydrogen-bond acceptors (Lipinski definition) is 2. The molecule has 8 heavy (non-hydrogen) atoms. The molecule has 1 heterocycles. The SMILES string of the molecule is [N]=CC1=CC(=O)OC1. The summed E-state index contributed by atoms with van der Waals surface area (Å²) in [6, 6.07) is 0. The summed E-state index contributed by atoms with van der Waals surface area (Å²) in [5.41, 5.74) is 0.523. The maximum Gasteiger partial charge on any atom is 0.331 e. The molecule has 1 aliphatic heterocycles. The van der Waals surface area contributed by atoms with E-state index in [0.717, 1.165) is 6.21 Å². The Morgan fingerprint density at radius 2 is 2.62 bits per heavy atom. The summed E-state index contributed by atoms with van der Waals surface area (Å²) < 4.78 is 4.43. The van der Waals surface area contributed by atoms with E-state index >= 15 is 0 Å². The molecule has 3 heteroatoms. The average molecular weight is 110 g/mol. The molecular formula is C5H4NO2. The van der Waals surface area contributed by atoms with Gasteiger partial charge in [-0.05, 0) is 0 Å². The fourth-order valence-corrected chi connectivity index (χ4v) is 0.464. The molecule has 3 nitrogen and oxygen atoms in total. The van der Waals surface area contributed by atoms with Gasteiger partial charge in [0.1, 0.15) is 6.61 Å². The van der Waals surface area contributed by atoms with Gasteiger partial charge in [-0.2, -0.15) is 5.41 Å². The molecular weight excluding hydrogens is 106 g/mol. The van der Waals surface area contributed by atoms with E-state index in [4.69, 9.17) is 5.41 Å². The maximum absolute atomic E-state index is 10.2. The zero-order valence-corrected chi connectivity index (χ0v) is 4.13. The van der Waals surface area contributed by atoms with E-state index in [0.29, 0.717) is 5.57 Å². The Hall–Kier alpha value is -1.12. The van der Waals surface area contributed by atoms with Gasteiger partial charge in [-0.3, -0.25) is 0 Å². The fourth-order valence-electron chi connectivity index (χ4n) is 0.464. The molecule has 1 rings (SSSR count). The van der Waals surface area contributed by atoms with Crippen LogP contribution in [0.3, 0.4) is 0 Å². The van der Waals surface area contributed by atoms with Gasteiger partial charge in [0.2, 0.25) is 0 Å². The van der Waals surface area contributed by atoms with Crippen molar-refractivity contribution >= 4 is 12.2 Å². The lowest BCUT2D eigenvalue weighted by Gasteiger charge is -1.85. The largest absolute Gasteiger partial charge is 0.458 e. The molecule has 0 amide bonds. The number of carbonyl (C=O) groups excluding carboxylic acids is 1. The zero-order chi connectivity index (χ0) is 5.98. The summed E-state index contributed by atoms with van der Waals surface area (Å²) in [7, 11) is 0. The van der Waals surface area contributed by atoms with Crippen LogP contribution < -0.4 is 5.41 Å². The second kappa shape index (κ2) is 1.78.